The van der Waals surface area contributed by atoms with Gasteiger partial charge in [-0.05, 0) is 75.4 Å². The minimum absolute atomic E-state index is 0.0825. The molecule has 0 aromatic heterocycles. The van der Waals surface area contributed by atoms with Crippen LogP contribution in [0.3, 0.4) is 0 Å². The Labute approximate surface area is 315 Å². The largest absolute Gasteiger partial charge is 0.459 e. The Morgan fingerprint density at radius 1 is 0.849 bits per heavy atom. The zero-order valence-corrected chi connectivity index (χ0v) is 34.3. The smallest absolute Gasteiger partial charge is 0.311 e. The molecule has 3 aliphatic heterocycles. The zero-order chi connectivity index (χ0) is 40.6. The van der Waals surface area contributed by atoms with E-state index in [1.54, 1.807) is 41.5 Å². The Balaban J connectivity index is 2.26. The van der Waals surface area contributed by atoms with Crippen molar-refractivity contribution in [3.8, 4) is 0 Å². The van der Waals surface area contributed by atoms with E-state index in [0.717, 1.165) is 0 Å². The van der Waals surface area contributed by atoms with E-state index in [0.29, 0.717) is 6.42 Å². The summed E-state index contributed by atoms with van der Waals surface area (Å²) in [7, 11) is 6.57. The molecule has 3 heterocycles. The molecule has 0 aromatic carbocycles. The number of rotatable bonds is 8. The van der Waals surface area contributed by atoms with Crippen molar-refractivity contribution in [2.24, 2.45) is 17.8 Å². The molecule has 0 spiro atoms. The van der Waals surface area contributed by atoms with Crippen molar-refractivity contribution in [3.63, 3.8) is 0 Å². The molecule has 3 saturated heterocycles. The maximum Gasteiger partial charge on any atom is 0.311 e. The van der Waals surface area contributed by atoms with Gasteiger partial charge < -0.3 is 63.6 Å². The molecule has 15 nitrogen and oxygen atoms in total. The minimum Gasteiger partial charge on any atom is -0.459 e. The van der Waals surface area contributed by atoms with Gasteiger partial charge in [-0.3, -0.25) is 9.59 Å². The number of likely N-dealkylation sites (N-methyl/N-ethyl adjacent to an activating group) is 1. The van der Waals surface area contributed by atoms with Crippen molar-refractivity contribution in [1.29, 1.82) is 0 Å². The maximum absolute atomic E-state index is 14.2. The SMILES string of the molecule is CC[C@H]1OC(=O)[C@H](C)[C@@H](O[C@H]2C[C@@](C)(OC)[C@@H](O)[C@H](C)O2)[C@H](C)[C@@H](O[C@@H]2O[C@H](C)C[C@H](N(C)C)[C@H]2O)[C@](C)(OC)CC(C)(O)C(=O)[C@H](C)[C@@H](O)[C@]1(C)O. The number of esters is 1. The fourth-order valence-corrected chi connectivity index (χ4v) is 8.65. The highest BCUT2D eigenvalue weighted by Crippen LogP contribution is 2.42. The molecule has 1 unspecified atom stereocenters. The number of methoxy groups -OCH3 is 2. The number of ketones is 1. The molecule has 15 heteroatoms. The van der Waals surface area contributed by atoms with Gasteiger partial charge in [0.05, 0.1) is 47.6 Å². The van der Waals surface area contributed by atoms with Crippen LogP contribution in [0.2, 0.25) is 0 Å². The Morgan fingerprint density at radius 2 is 1.43 bits per heavy atom. The fourth-order valence-electron chi connectivity index (χ4n) is 8.65. The first-order chi connectivity index (χ1) is 24.3. The van der Waals surface area contributed by atoms with Gasteiger partial charge in [0.15, 0.2) is 18.4 Å². The van der Waals surface area contributed by atoms with E-state index < -0.39 is 107 Å². The topological polar surface area (TPSA) is 203 Å². The Hall–Kier alpha value is -1.34. The van der Waals surface area contributed by atoms with Crippen LogP contribution in [-0.4, -0.2) is 160 Å². The van der Waals surface area contributed by atoms with Crippen molar-refractivity contribution in [2.45, 2.75) is 185 Å². The van der Waals surface area contributed by atoms with E-state index >= 15 is 0 Å². The lowest BCUT2D eigenvalue weighted by Crippen LogP contribution is -2.63. The molecule has 0 amide bonds. The summed E-state index contributed by atoms with van der Waals surface area (Å²) in [6, 6.07) is -0.339. The second kappa shape index (κ2) is 17.4. The van der Waals surface area contributed by atoms with Crippen LogP contribution in [-0.2, 0) is 42.7 Å². The van der Waals surface area contributed by atoms with Crippen LogP contribution in [0.4, 0.5) is 0 Å². The average molecular weight is 764 g/mol. The number of hydrogen-bond acceptors (Lipinski definition) is 15. The molecule has 5 N–H and O–H groups in total. The second-order valence-corrected chi connectivity index (χ2v) is 16.9. The molecule has 53 heavy (non-hydrogen) atoms. The minimum atomic E-state index is -2.14. The van der Waals surface area contributed by atoms with Crippen molar-refractivity contribution >= 4 is 11.8 Å². The summed E-state index contributed by atoms with van der Waals surface area (Å²) in [5.41, 5.74) is -6.84. The summed E-state index contributed by atoms with van der Waals surface area (Å²) in [6.45, 7) is 16.0. The van der Waals surface area contributed by atoms with Gasteiger partial charge in [-0.25, -0.2) is 0 Å². The summed E-state index contributed by atoms with van der Waals surface area (Å²) in [5, 5.41) is 57.5. The first-order valence-electron chi connectivity index (χ1n) is 18.9. The Bertz CT molecular complexity index is 1230. The molecule has 310 valence electrons. The monoisotopic (exact) mass is 763 g/mol. The second-order valence-electron chi connectivity index (χ2n) is 16.9. The zero-order valence-electron chi connectivity index (χ0n) is 34.3. The van der Waals surface area contributed by atoms with Crippen molar-refractivity contribution in [2.75, 3.05) is 28.3 Å². The summed E-state index contributed by atoms with van der Waals surface area (Å²) < 4.78 is 43.6. The van der Waals surface area contributed by atoms with Crippen LogP contribution < -0.4 is 0 Å². The summed E-state index contributed by atoms with van der Waals surface area (Å²) in [6.07, 6.45) is -10.3. The highest BCUT2D eigenvalue weighted by atomic mass is 16.7. The molecule has 0 aliphatic carbocycles. The van der Waals surface area contributed by atoms with Gasteiger partial charge in [0, 0.05) is 44.9 Å². The van der Waals surface area contributed by atoms with Crippen molar-refractivity contribution in [1.82, 2.24) is 4.90 Å². The summed E-state index contributed by atoms with van der Waals surface area (Å²) >= 11 is 0. The van der Waals surface area contributed by atoms with Gasteiger partial charge in [0.1, 0.15) is 29.5 Å². The van der Waals surface area contributed by atoms with Gasteiger partial charge in [0.2, 0.25) is 0 Å². The Kier molecular flexibility index (Phi) is 15.1. The fraction of sp³-hybridized carbons (Fsp3) is 0.947. The van der Waals surface area contributed by atoms with E-state index in [1.807, 2.05) is 25.9 Å². The summed E-state index contributed by atoms with van der Waals surface area (Å²) in [5.74, 6) is -4.77. The van der Waals surface area contributed by atoms with Crippen LogP contribution in [0.15, 0.2) is 0 Å². The standard InChI is InChI=1S/C38H69NO14/c1-15-25-38(10,46)30(42)22(5)29(41)35(7,45)18-37(9,48-14)32(53-34-27(40)24(39(11)12)16-19(2)49-34)20(3)28(21(4)33(44)51-25)52-26-17-36(8,47-13)31(43)23(6)50-26/h19-28,30-32,34,40,42-43,45-46H,15-18H2,1-14H3/t19-,20+,21-,22+,23+,24+,25-,26+,27-,28+,30-,31+,32-,34+,35?,36-,37-,38-/m1/s1. The average Bonchev–Trinajstić information content (AvgIpc) is 3.09. The number of hydrogen-bond donors (Lipinski definition) is 5. The van der Waals surface area contributed by atoms with E-state index in [1.165, 1.54) is 35.0 Å². The Morgan fingerprint density at radius 3 is 1.96 bits per heavy atom. The predicted molar refractivity (Wildman–Crippen MR) is 193 cm³/mol. The molecule has 0 bridgehead atoms. The number of cyclic esters (lactones) is 1. The van der Waals surface area contributed by atoms with E-state index in [-0.39, 0.29) is 31.4 Å². The van der Waals surface area contributed by atoms with Gasteiger partial charge in [-0.15, -0.1) is 0 Å². The molecule has 3 fully saturated rings. The first kappa shape index (κ1) is 46.0. The van der Waals surface area contributed by atoms with Crippen LogP contribution in [0, 0.1) is 17.8 Å². The molecule has 18 atom stereocenters. The van der Waals surface area contributed by atoms with Crippen LogP contribution in [0.5, 0.6) is 0 Å². The highest BCUT2D eigenvalue weighted by Gasteiger charge is 2.56. The van der Waals surface area contributed by atoms with Crippen molar-refractivity contribution in [3.05, 3.63) is 0 Å². The normalized spacial score (nSPS) is 49.7. The molecule has 3 rings (SSSR count). The van der Waals surface area contributed by atoms with Gasteiger partial charge >= 0.3 is 5.97 Å². The molecule has 0 saturated carbocycles. The number of carbonyl (C=O) groups excluding carboxylic acids is 2. The highest BCUT2D eigenvalue weighted by molar-refractivity contribution is 5.89. The molecular weight excluding hydrogens is 694 g/mol. The maximum atomic E-state index is 14.2. The number of carbonyl (C=O) groups is 2. The number of Topliss-reactive ketones (excluding diaryl/α,β-unsaturated/α-hetero) is 1. The quantitative estimate of drug-likeness (QED) is 0.223. The third kappa shape index (κ3) is 9.62. The molecular formula is C38H69NO14. The first-order valence-corrected chi connectivity index (χ1v) is 18.9. The van der Waals surface area contributed by atoms with E-state index in [2.05, 4.69) is 0 Å². The lowest BCUT2D eigenvalue weighted by atomic mass is 9.72. The summed E-state index contributed by atoms with van der Waals surface area (Å²) in [4.78, 5) is 30.1. The van der Waals surface area contributed by atoms with Gasteiger partial charge in [-0.2, -0.15) is 0 Å². The number of aliphatic hydroxyl groups is 5. The van der Waals surface area contributed by atoms with Crippen LogP contribution >= 0.6 is 0 Å². The predicted octanol–water partition coefficient (Wildman–Crippen LogP) is 1.55. The lowest BCUT2D eigenvalue weighted by molar-refractivity contribution is -0.320. The van der Waals surface area contributed by atoms with Crippen LogP contribution in [0.25, 0.3) is 0 Å². The third-order valence-corrected chi connectivity index (χ3v) is 12.3. The van der Waals surface area contributed by atoms with Gasteiger partial charge in [0.25, 0.3) is 0 Å². The van der Waals surface area contributed by atoms with E-state index in [4.69, 9.17) is 33.2 Å². The van der Waals surface area contributed by atoms with Gasteiger partial charge in [-0.1, -0.05) is 20.8 Å². The number of ether oxygens (including phenoxy) is 7. The number of aliphatic hydroxyl groups excluding tert-OH is 3. The van der Waals surface area contributed by atoms with E-state index in [9.17, 15) is 35.1 Å². The van der Waals surface area contributed by atoms with Crippen molar-refractivity contribution < 1.29 is 68.3 Å². The number of nitrogens with zero attached hydrogens (tertiary/aromatic N) is 1. The third-order valence-electron chi connectivity index (χ3n) is 12.3. The molecule has 0 radical (unpaired) electrons. The molecule has 3 aliphatic rings. The van der Waals surface area contributed by atoms with Crippen LogP contribution in [0.1, 0.15) is 94.9 Å². The molecule has 0 aromatic rings. The lowest BCUT2D eigenvalue weighted by Gasteiger charge is -2.50.